The van der Waals surface area contributed by atoms with Crippen LogP contribution in [0, 0.1) is 5.82 Å². The van der Waals surface area contributed by atoms with Crippen LogP contribution in [0.3, 0.4) is 0 Å². The van der Waals surface area contributed by atoms with Crippen molar-refractivity contribution in [1.82, 2.24) is 9.38 Å². The van der Waals surface area contributed by atoms with Crippen LogP contribution in [0.4, 0.5) is 15.0 Å². The standard InChI is InChI=1S/C14H10FN3O3/c15-10-3-1-2-9(13(10)19)8-4-5-12-16-11(17-14(20)21)7-18(12)6-8/h1-7,17,19H,(H,20,21). The number of imidazole rings is 1. The Balaban J connectivity index is 2.08. The maximum absolute atomic E-state index is 13.4. The number of nitrogens with zero attached hydrogens (tertiary/aromatic N) is 2. The number of phenols is 1. The van der Waals surface area contributed by atoms with Crippen LogP contribution in [0.15, 0.2) is 42.7 Å². The topological polar surface area (TPSA) is 86.9 Å². The summed E-state index contributed by atoms with van der Waals surface area (Å²) in [6, 6.07) is 7.57. The van der Waals surface area contributed by atoms with Crippen molar-refractivity contribution in [3.8, 4) is 16.9 Å². The zero-order valence-electron chi connectivity index (χ0n) is 10.6. The number of anilines is 1. The summed E-state index contributed by atoms with van der Waals surface area (Å²) >= 11 is 0. The molecule has 3 N–H and O–H groups in total. The van der Waals surface area contributed by atoms with Gasteiger partial charge in [0.15, 0.2) is 17.4 Å². The number of hydrogen-bond donors (Lipinski definition) is 3. The summed E-state index contributed by atoms with van der Waals surface area (Å²) in [5.41, 5.74) is 1.45. The zero-order valence-corrected chi connectivity index (χ0v) is 10.6. The van der Waals surface area contributed by atoms with E-state index in [2.05, 4.69) is 10.3 Å². The summed E-state index contributed by atoms with van der Waals surface area (Å²) in [6.07, 6.45) is 1.91. The lowest BCUT2D eigenvalue weighted by molar-refractivity contribution is 0.209. The van der Waals surface area contributed by atoms with Crippen LogP contribution in [-0.4, -0.2) is 25.7 Å². The van der Waals surface area contributed by atoms with Crippen molar-refractivity contribution in [3.05, 3.63) is 48.5 Å². The van der Waals surface area contributed by atoms with Gasteiger partial charge in [0, 0.05) is 17.3 Å². The molecule has 0 unspecified atom stereocenters. The molecule has 0 aliphatic heterocycles. The number of phenolic OH excluding ortho intramolecular Hbond substituents is 1. The molecule has 1 amide bonds. The molecule has 0 saturated heterocycles. The van der Waals surface area contributed by atoms with Gasteiger partial charge in [0.1, 0.15) is 5.65 Å². The van der Waals surface area contributed by atoms with Crippen LogP contribution in [0.5, 0.6) is 5.75 Å². The summed E-state index contributed by atoms with van der Waals surface area (Å²) in [7, 11) is 0. The molecule has 3 aromatic rings. The summed E-state index contributed by atoms with van der Waals surface area (Å²) in [6.45, 7) is 0. The van der Waals surface area contributed by atoms with Crippen molar-refractivity contribution in [3.63, 3.8) is 0 Å². The largest absolute Gasteiger partial charge is 0.504 e. The Kier molecular flexibility index (Phi) is 2.94. The average molecular weight is 287 g/mol. The fraction of sp³-hybridized carbons (Fsp3) is 0. The molecule has 21 heavy (non-hydrogen) atoms. The van der Waals surface area contributed by atoms with Gasteiger partial charge in [-0.1, -0.05) is 12.1 Å². The fourth-order valence-electron chi connectivity index (χ4n) is 2.07. The van der Waals surface area contributed by atoms with E-state index in [1.54, 1.807) is 28.8 Å². The highest BCUT2D eigenvalue weighted by atomic mass is 19.1. The highest BCUT2D eigenvalue weighted by Gasteiger charge is 2.10. The molecule has 0 aliphatic rings. The number of carboxylic acid groups (broad SMARTS) is 1. The van der Waals surface area contributed by atoms with E-state index in [-0.39, 0.29) is 5.82 Å². The second-order valence-electron chi connectivity index (χ2n) is 4.38. The van der Waals surface area contributed by atoms with E-state index in [1.165, 1.54) is 18.3 Å². The minimum Gasteiger partial charge on any atom is -0.504 e. The van der Waals surface area contributed by atoms with Crippen LogP contribution in [0.2, 0.25) is 0 Å². The third-order valence-electron chi connectivity index (χ3n) is 2.98. The van der Waals surface area contributed by atoms with Crippen LogP contribution >= 0.6 is 0 Å². The third kappa shape index (κ3) is 2.36. The van der Waals surface area contributed by atoms with Crippen molar-refractivity contribution in [2.24, 2.45) is 0 Å². The van der Waals surface area contributed by atoms with E-state index < -0.39 is 17.7 Å². The second kappa shape index (κ2) is 4.78. The number of aromatic hydroxyl groups is 1. The van der Waals surface area contributed by atoms with Gasteiger partial charge >= 0.3 is 6.09 Å². The highest BCUT2D eigenvalue weighted by molar-refractivity contribution is 5.82. The number of para-hydroxylation sites is 1. The number of pyridine rings is 1. The third-order valence-corrected chi connectivity index (χ3v) is 2.98. The number of fused-ring (bicyclic) bond motifs is 1. The van der Waals surface area contributed by atoms with Gasteiger partial charge in [0.2, 0.25) is 0 Å². The fourth-order valence-corrected chi connectivity index (χ4v) is 2.07. The molecule has 0 bridgehead atoms. The monoisotopic (exact) mass is 287 g/mol. The lowest BCUT2D eigenvalue weighted by Gasteiger charge is -2.05. The van der Waals surface area contributed by atoms with Crippen molar-refractivity contribution in [1.29, 1.82) is 0 Å². The van der Waals surface area contributed by atoms with Gasteiger partial charge in [-0.15, -0.1) is 0 Å². The van der Waals surface area contributed by atoms with Gasteiger partial charge in [-0.3, -0.25) is 5.32 Å². The molecule has 6 nitrogen and oxygen atoms in total. The highest BCUT2D eigenvalue weighted by Crippen LogP contribution is 2.31. The van der Waals surface area contributed by atoms with Crippen molar-refractivity contribution in [2.45, 2.75) is 0 Å². The Labute approximate surface area is 118 Å². The van der Waals surface area contributed by atoms with Gasteiger partial charge in [-0.25, -0.2) is 14.2 Å². The first-order valence-electron chi connectivity index (χ1n) is 6.01. The van der Waals surface area contributed by atoms with Gasteiger partial charge < -0.3 is 14.6 Å². The SMILES string of the molecule is O=C(O)Nc1cn2cc(-c3cccc(F)c3O)ccc2n1. The van der Waals surface area contributed by atoms with Crippen molar-refractivity contribution >= 4 is 17.6 Å². The van der Waals surface area contributed by atoms with E-state index in [9.17, 15) is 14.3 Å². The van der Waals surface area contributed by atoms with Gasteiger partial charge in [-0.2, -0.15) is 0 Å². The van der Waals surface area contributed by atoms with Crippen LogP contribution in [-0.2, 0) is 0 Å². The predicted octanol–water partition coefficient (Wildman–Crippen LogP) is 2.94. The van der Waals surface area contributed by atoms with Crippen molar-refractivity contribution < 1.29 is 19.4 Å². The van der Waals surface area contributed by atoms with E-state index >= 15 is 0 Å². The molecule has 2 heterocycles. The van der Waals surface area contributed by atoms with E-state index in [0.717, 1.165) is 0 Å². The molecule has 0 fully saturated rings. The molecule has 2 aromatic heterocycles. The molecule has 0 spiro atoms. The number of benzene rings is 1. The first kappa shape index (κ1) is 12.9. The number of aromatic nitrogens is 2. The Morgan fingerprint density at radius 1 is 1.24 bits per heavy atom. The maximum Gasteiger partial charge on any atom is 0.410 e. The molecule has 0 aliphatic carbocycles. The number of hydrogen-bond acceptors (Lipinski definition) is 3. The normalized spacial score (nSPS) is 10.7. The van der Waals surface area contributed by atoms with E-state index in [4.69, 9.17) is 5.11 Å². The molecule has 0 saturated carbocycles. The molecule has 0 atom stereocenters. The zero-order chi connectivity index (χ0) is 15.0. The van der Waals surface area contributed by atoms with Crippen LogP contribution < -0.4 is 5.32 Å². The summed E-state index contributed by atoms with van der Waals surface area (Å²) < 4.78 is 15.0. The minimum atomic E-state index is -1.21. The lowest BCUT2D eigenvalue weighted by atomic mass is 10.1. The maximum atomic E-state index is 13.4. The Morgan fingerprint density at radius 2 is 2.05 bits per heavy atom. The number of rotatable bonds is 2. The second-order valence-corrected chi connectivity index (χ2v) is 4.38. The predicted molar refractivity (Wildman–Crippen MR) is 73.9 cm³/mol. The van der Waals surface area contributed by atoms with Gasteiger partial charge in [0.05, 0.1) is 6.20 Å². The number of halogens is 1. The molecule has 0 radical (unpaired) electrons. The van der Waals surface area contributed by atoms with E-state index in [1.807, 2.05) is 0 Å². The first-order chi connectivity index (χ1) is 10.0. The lowest BCUT2D eigenvalue weighted by Crippen LogP contribution is -2.06. The molecule has 3 rings (SSSR count). The summed E-state index contributed by atoms with van der Waals surface area (Å²) in [5.74, 6) is -0.949. The summed E-state index contributed by atoms with van der Waals surface area (Å²) in [4.78, 5) is 14.6. The molecule has 106 valence electrons. The quantitative estimate of drug-likeness (QED) is 0.676. The Bertz CT molecular complexity index is 845. The van der Waals surface area contributed by atoms with Crippen LogP contribution in [0.25, 0.3) is 16.8 Å². The Hall–Kier alpha value is -3.09. The number of carbonyl (C=O) groups is 1. The molecular formula is C14H10FN3O3. The number of nitrogens with one attached hydrogen (secondary N) is 1. The number of amides is 1. The Morgan fingerprint density at radius 3 is 2.81 bits per heavy atom. The van der Waals surface area contributed by atoms with Gasteiger partial charge in [-0.05, 0) is 18.2 Å². The molecule has 1 aromatic carbocycles. The van der Waals surface area contributed by atoms with E-state index in [0.29, 0.717) is 16.8 Å². The van der Waals surface area contributed by atoms with Crippen LogP contribution in [0.1, 0.15) is 0 Å². The minimum absolute atomic E-state index is 0.183. The molecule has 7 heteroatoms. The van der Waals surface area contributed by atoms with Crippen molar-refractivity contribution in [2.75, 3.05) is 5.32 Å². The summed E-state index contributed by atoms with van der Waals surface area (Å²) in [5, 5.41) is 20.6. The smallest absolute Gasteiger partial charge is 0.410 e. The van der Waals surface area contributed by atoms with Gasteiger partial charge in [0.25, 0.3) is 0 Å². The average Bonchev–Trinajstić information content (AvgIpc) is 2.82. The molecular weight excluding hydrogens is 277 g/mol. The first-order valence-corrected chi connectivity index (χ1v) is 6.01.